The molecule has 0 aliphatic heterocycles. The lowest BCUT2D eigenvalue weighted by molar-refractivity contribution is 0.670. The van der Waals surface area contributed by atoms with Crippen LogP contribution in [-0.2, 0) is 0 Å². The van der Waals surface area contributed by atoms with Crippen molar-refractivity contribution >= 4 is 77.1 Å². The molecule has 0 aliphatic carbocycles. The third kappa shape index (κ3) is 4.19. The molecule has 3 aromatic heterocycles. The summed E-state index contributed by atoms with van der Waals surface area (Å²) in [4.78, 5) is 2.37. The second-order valence-electron chi connectivity index (χ2n) is 13.3. The molecule has 0 aliphatic rings. The summed E-state index contributed by atoms with van der Waals surface area (Å²) < 4.78 is 8.86. The summed E-state index contributed by atoms with van der Waals surface area (Å²) >= 11 is 0. The number of rotatable bonds is 5. The van der Waals surface area contributed by atoms with Crippen LogP contribution in [0.5, 0.6) is 0 Å². The van der Waals surface area contributed by atoms with Gasteiger partial charge in [0.1, 0.15) is 11.2 Å². The number of aromatic nitrogens is 1. The number of hydrogen-bond acceptors (Lipinski definition) is 2. The zero-order chi connectivity index (χ0) is 33.5. The summed E-state index contributed by atoms with van der Waals surface area (Å²) in [6.45, 7) is 0. The summed E-state index contributed by atoms with van der Waals surface area (Å²) in [6, 6.07) is 65.4. The zero-order valence-corrected chi connectivity index (χ0v) is 27.6. The highest BCUT2D eigenvalue weighted by Crippen LogP contribution is 2.43. The van der Waals surface area contributed by atoms with E-state index < -0.39 is 0 Å². The molecule has 51 heavy (non-hydrogen) atoms. The Labute approximate surface area is 294 Å². The minimum absolute atomic E-state index is 0.910. The molecule has 3 heteroatoms. The van der Waals surface area contributed by atoms with E-state index in [0.717, 1.165) is 50.1 Å². The average molecular weight is 651 g/mol. The van der Waals surface area contributed by atoms with Crippen LogP contribution in [0.1, 0.15) is 0 Å². The number of hydrogen-bond donors (Lipinski definition) is 0. The first kappa shape index (κ1) is 28.0. The van der Waals surface area contributed by atoms with Crippen molar-refractivity contribution in [3.05, 3.63) is 182 Å². The maximum absolute atomic E-state index is 6.41. The van der Waals surface area contributed by atoms with Gasteiger partial charge in [0.2, 0.25) is 0 Å². The van der Waals surface area contributed by atoms with Crippen molar-refractivity contribution < 1.29 is 4.42 Å². The number of benzene rings is 8. The molecule has 3 heterocycles. The first-order valence-electron chi connectivity index (χ1n) is 17.4. The van der Waals surface area contributed by atoms with Crippen LogP contribution in [0.15, 0.2) is 186 Å². The molecule has 0 saturated heterocycles. The molecule has 0 fully saturated rings. The summed E-state index contributed by atoms with van der Waals surface area (Å²) in [5, 5.41) is 7.41. The largest absolute Gasteiger partial charge is 0.455 e. The van der Waals surface area contributed by atoms with Crippen LogP contribution >= 0.6 is 0 Å². The summed E-state index contributed by atoms with van der Waals surface area (Å²) in [5.41, 5.74) is 13.5. The topological polar surface area (TPSA) is 20.8 Å². The van der Waals surface area contributed by atoms with Crippen molar-refractivity contribution in [3.8, 4) is 22.3 Å². The standard InChI is InChI=1S/C48H30N2O/c1-2-10-31(11-3-1)32-20-24-34(25-21-32)49(35-26-22-33(23-27-35)37-14-8-17-43-40-13-5-7-19-46(40)51-48(37)43)36-28-29-39-42-16-9-15-41-38-12-4-6-18-44(38)50(47(41)42)45(39)30-36/h1-30H. The van der Waals surface area contributed by atoms with Gasteiger partial charge >= 0.3 is 0 Å². The maximum Gasteiger partial charge on any atom is 0.143 e. The molecule has 0 saturated carbocycles. The Morgan fingerprint density at radius 1 is 0.373 bits per heavy atom. The predicted molar refractivity (Wildman–Crippen MR) is 214 cm³/mol. The van der Waals surface area contributed by atoms with Crippen molar-refractivity contribution in [1.82, 2.24) is 4.40 Å². The van der Waals surface area contributed by atoms with E-state index in [9.17, 15) is 0 Å². The fraction of sp³-hybridized carbons (Fsp3) is 0. The van der Waals surface area contributed by atoms with Crippen LogP contribution in [0.4, 0.5) is 17.1 Å². The molecule has 11 rings (SSSR count). The van der Waals surface area contributed by atoms with Crippen molar-refractivity contribution in [2.24, 2.45) is 0 Å². The summed E-state index contributed by atoms with van der Waals surface area (Å²) in [5.74, 6) is 0. The Bertz CT molecular complexity index is 3060. The average Bonchev–Trinajstić information content (AvgIpc) is 3.86. The number of anilines is 3. The Morgan fingerprint density at radius 3 is 1.73 bits per heavy atom. The molecule has 0 spiro atoms. The number of fused-ring (bicyclic) bond motifs is 9. The van der Waals surface area contributed by atoms with Crippen LogP contribution in [0, 0.1) is 0 Å². The van der Waals surface area contributed by atoms with Gasteiger partial charge in [0, 0.05) is 54.9 Å². The van der Waals surface area contributed by atoms with Gasteiger partial charge in [-0.25, -0.2) is 0 Å². The lowest BCUT2D eigenvalue weighted by Gasteiger charge is -2.26. The van der Waals surface area contributed by atoms with Gasteiger partial charge in [-0.15, -0.1) is 0 Å². The van der Waals surface area contributed by atoms with Crippen LogP contribution in [0.25, 0.3) is 82.3 Å². The van der Waals surface area contributed by atoms with Crippen molar-refractivity contribution in [1.29, 1.82) is 0 Å². The third-order valence-electron chi connectivity index (χ3n) is 10.5. The Hall–Kier alpha value is -6.84. The second-order valence-corrected chi connectivity index (χ2v) is 13.3. The summed E-state index contributed by atoms with van der Waals surface area (Å²) in [7, 11) is 0. The van der Waals surface area contributed by atoms with E-state index in [1.54, 1.807) is 0 Å². The minimum atomic E-state index is 0.910. The van der Waals surface area contributed by atoms with Crippen LogP contribution < -0.4 is 4.90 Å². The molecule has 0 N–H and O–H groups in total. The molecule has 0 atom stereocenters. The molecular formula is C48H30N2O. The highest BCUT2D eigenvalue weighted by molar-refractivity contribution is 6.23. The van der Waals surface area contributed by atoms with Gasteiger partial charge in [0.15, 0.2) is 0 Å². The lowest BCUT2D eigenvalue weighted by Crippen LogP contribution is -2.10. The van der Waals surface area contributed by atoms with E-state index >= 15 is 0 Å². The normalized spacial score (nSPS) is 11.9. The maximum atomic E-state index is 6.41. The fourth-order valence-corrected chi connectivity index (χ4v) is 8.20. The molecule has 0 amide bonds. The van der Waals surface area contributed by atoms with Gasteiger partial charge in [-0.2, -0.15) is 0 Å². The number of nitrogens with zero attached hydrogens (tertiary/aromatic N) is 2. The van der Waals surface area contributed by atoms with Gasteiger partial charge in [0.05, 0.1) is 16.6 Å². The molecule has 8 aromatic carbocycles. The molecule has 3 nitrogen and oxygen atoms in total. The summed E-state index contributed by atoms with van der Waals surface area (Å²) in [6.07, 6.45) is 0. The van der Waals surface area contributed by atoms with E-state index in [0.29, 0.717) is 0 Å². The SMILES string of the molecule is c1ccc(-c2ccc(N(c3ccc(-c4cccc5c4oc4ccccc45)cc3)c3ccc4c5cccc6c7ccccc7n(c4c3)c65)cc2)cc1. The van der Waals surface area contributed by atoms with E-state index in [1.165, 1.54) is 49.2 Å². The Kier molecular flexibility index (Phi) is 5.96. The quantitative estimate of drug-likeness (QED) is 0.185. The Morgan fingerprint density at radius 2 is 0.941 bits per heavy atom. The molecule has 0 unspecified atom stereocenters. The fourth-order valence-electron chi connectivity index (χ4n) is 8.20. The van der Waals surface area contributed by atoms with Gasteiger partial charge in [0.25, 0.3) is 0 Å². The minimum Gasteiger partial charge on any atom is -0.455 e. The van der Waals surface area contributed by atoms with E-state index in [1.807, 2.05) is 12.1 Å². The number of furan rings is 1. The first-order valence-corrected chi connectivity index (χ1v) is 17.4. The van der Waals surface area contributed by atoms with Crippen molar-refractivity contribution in [2.45, 2.75) is 0 Å². The highest BCUT2D eigenvalue weighted by atomic mass is 16.3. The molecule has 238 valence electrons. The first-order chi connectivity index (χ1) is 25.3. The van der Waals surface area contributed by atoms with E-state index in [-0.39, 0.29) is 0 Å². The van der Waals surface area contributed by atoms with Gasteiger partial charge < -0.3 is 13.7 Å². The monoisotopic (exact) mass is 650 g/mol. The Balaban J connectivity index is 1.09. The van der Waals surface area contributed by atoms with Crippen LogP contribution in [-0.4, -0.2) is 4.40 Å². The van der Waals surface area contributed by atoms with Crippen LogP contribution in [0.3, 0.4) is 0 Å². The molecular weight excluding hydrogens is 621 g/mol. The van der Waals surface area contributed by atoms with Gasteiger partial charge in [-0.1, -0.05) is 133 Å². The van der Waals surface area contributed by atoms with Crippen molar-refractivity contribution in [2.75, 3.05) is 4.90 Å². The van der Waals surface area contributed by atoms with Crippen LogP contribution in [0.2, 0.25) is 0 Å². The predicted octanol–water partition coefficient (Wildman–Crippen LogP) is 13.5. The van der Waals surface area contributed by atoms with Gasteiger partial charge in [-0.3, -0.25) is 0 Å². The van der Waals surface area contributed by atoms with Gasteiger partial charge in [-0.05, 0) is 65.2 Å². The molecule has 0 radical (unpaired) electrons. The van der Waals surface area contributed by atoms with E-state index in [2.05, 4.69) is 179 Å². The number of para-hydroxylation sites is 4. The van der Waals surface area contributed by atoms with E-state index in [4.69, 9.17) is 4.42 Å². The molecule has 11 aromatic rings. The smallest absolute Gasteiger partial charge is 0.143 e. The zero-order valence-electron chi connectivity index (χ0n) is 27.6. The lowest BCUT2D eigenvalue weighted by atomic mass is 10.0. The van der Waals surface area contributed by atoms with Crippen molar-refractivity contribution in [3.63, 3.8) is 0 Å². The third-order valence-corrected chi connectivity index (χ3v) is 10.5. The highest BCUT2D eigenvalue weighted by Gasteiger charge is 2.20. The second kappa shape index (κ2) is 10.8. The molecule has 0 bridgehead atoms.